The third kappa shape index (κ3) is 3.45. The van der Waals surface area contributed by atoms with Gasteiger partial charge in [-0.05, 0) is 43.5 Å². The molecular formula is C21H20F2N4O3. The highest BCUT2D eigenvalue weighted by Gasteiger charge is 2.38. The second kappa shape index (κ2) is 7.56. The number of piperidine rings is 1. The Morgan fingerprint density at radius 2 is 1.80 bits per heavy atom. The number of rotatable bonds is 3. The van der Waals surface area contributed by atoms with Crippen LogP contribution in [-0.2, 0) is 5.60 Å². The van der Waals surface area contributed by atoms with Crippen molar-refractivity contribution in [3.05, 3.63) is 59.2 Å². The largest absolute Gasteiger partial charge is 0.491 e. The molecular weight excluding hydrogens is 394 g/mol. The van der Waals surface area contributed by atoms with Crippen LogP contribution in [0.5, 0.6) is 5.75 Å². The van der Waals surface area contributed by atoms with E-state index >= 15 is 0 Å². The first-order valence-corrected chi connectivity index (χ1v) is 9.45. The van der Waals surface area contributed by atoms with Gasteiger partial charge in [0.25, 0.3) is 5.91 Å². The number of methoxy groups -OCH3 is 1. The highest BCUT2D eigenvalue weighted by atomic mass is 19.1. The smallest absolute Gasteiger partial charge is 0.254 e. The second-order valence-electron chi connectivity index (χ2n) is 7.40. The zero-order valence-electron chi connectivity index (χ0n) is 16.5. The lowest BCUT2D eigenvalue weighted by Crippen LogP contribution is -2.45. The molecule has 1 aromatic carbocycles. The fourth-order valence-corrected chi connectivity index (χ4v) is 3.76. The van der Waals surface area contributed by atoms with E-state index in [0.717, 1.165) is 24.8 Å². The summed E-state index contributed by atoms with van der Waals surface area (Å²) in [6.45, 7) is 2.29. The van der Waals surface area contributed by atoms with Crippen LogP contribution in [0.25, 0.3) is 11.0 Å². The van der Waals surface area contributed by atoms with Crippen LogP contribution in [-0.4, -0.2) is 51.1 Å². The summed E-state index contributed by atoms with van der Waals surface area (Å²) >= 11 is 0. The maximum absolute atomic E-state index is 14.0. The van der Waals surface area contributed by atoms with E-state index in [2.05, 4.69) is 19.7 Å². The molecule has 30 heavy (non-hydrogen) atoms. The minimum Gasteiger partial charge on any atom is -0.491 e. The number of pyridine rings is 1. The summed E-state index contributed by atoms with van der Waals surface area (Å²) in [5, 5.41) is 11.2. The number of amides is 1. The molecule has 0 unspecified atom stereocenters. The Kier molecular flexibility index (Phi) is 5.07. The predicted octanol–water partition coefficient (Wildman–Crippen LogP) is 2.74. The van der Waals surface area contributed by atoms with Crippen molar-refractivity contribution in [2.24, 2.45) is 0 Å². The predicted molar refractivity (Wildman–Crippen MR) is 104 cm³/mol. The molecule has 0 saturated carbocycles. The van der Waals surface area contributed by atoms with Crippen molar-refractivity contribution in [3.8, 4) is 5.75 Å². The van der Waals surface area contributed by atoms with E-state index in [0.29, 0.717) is 16.7 Å². The van der Waals surface area contributed by atoms with E-state index in [1.54, 1.807) is 6.20 Å². The lowest BCUT2D eigenvalue weighted by atomic mass is 9.87. The number of likely N-dealkylation sites (tertiary alicyclic amines) is 1. The van der Waals surface area contributed by atoms with Gasteiger partial charge in [-0.25, -0.2) is 18.7 Å². The highest BCUT2D eigenvalue weighted by molar-refractivity contribution is 5.94. The number of aliphatic hydroxyl groups is 1. The van der Waals surface area contributed by atoms with Crippen LogP contribution in [0.3, 0.4) is 0 Å². The highest BCUT2D eigenvalue weighted by Crippen LogP contribution is 2.35. The Morgan fingerprint density at radius 1 is 1.13 bits per heavy atom. The number of hydrogen-bond acceptors (Lipinski definition) is 6. The lowest BCUT2D eigenvalue weighted by molar-refractivity contribution is -0.0234. The molecule has 0 radical (unpaired) electrons. The fourth-order valence-electron chi connectivity index (χ4n) is 3.76. The minimum absolute atomic E-state index is 0.110. The Morgan fingerprint density at radius 3 is 2.43 bits per heavy atom. The molecule has 0 bridgehead atoms. The quantitative estimate of drug-likeness (QED) is 0.709. The number of halogens is 2. The van der Waals surface area contributed by atoms with Gasteiger partial charge in [0, 0.05) is 24.8 Å². The monoisotopic (exact) mass is 414 g/mol. The van der Waals surface area contributed by atoms with Crippen molar-refractivity contribution in [3.63, 3.8) is 0 Å². The molecule has 0 aliphatic carbocycles. The molecule has 0 atom stereocenters. The first kappa shape index (κ1) is 20.1. The first-order chi connectivity index (χ1) is 14.3. The van der Waals surface area contributed by atoms with E-state index in [-0.39, 0.29) is 31.5 Å². The number of benzene rings is 1. The summed E-state index contributed by atoms with van der Waals surface area (Å²) in [5.74, 6) is -2.93. The molecule has 1 fully saturated rings. The van der Waals surface area contributed by atoms with E-state index in [9.17, 15) is 18.7 Å². The Hall–Kier alpha value is -3.20. The van der Waals surface area contributed by atoms with E-state index in [1.165, 1.54) is 11.2 Å². The molecule has 3 heterocycles. The van der Waals surface area contributed by atoms with Gasteiger partial charge in [-0.1, -0.05) is 0 Å². The summed E-state index contributed by atoms with van der Waals surface area (Å²) in [5.41, 5.74) is 1.12. The van der Waals surface area contributed by atoms with Crippen molar-refractivity contribution in [1.82, 2.24) is 19.9 Å². The molecule has 3 aromatic rings. The van der Waals surface area contributed by atoms with Crippen molar-refractivity contribution >= 4 is 16.9 Å². The van der Waals surface area contributed by atoms with Crippen molar-refractivity contribution in [1.29, 1.82) is 0 Å². The van der Waals surface area contributed by atoms with Crippen LogP contribution in [0.15, 0.2) is 30.7 Å². The average Bonchev–Trinajstić information content (AvgIpc) is 2.73. The topological polar surface area (TPSA) is 88.4 Å². The zero-order valence-corrected chi connectivity index (χ0v) is 16.5. The first-order valence-electron chi connectivity index (χ1n) is 9.45. The van der Waals surface area contributed by atoms with Crippen molar-refractivity contribution in [2.75, 3.05) is 20.2 Å². The van der Waals surface area contributed by atoms with Gasteiger partial charge in [-0.3, -0.25) is 9.78 Å². The molecule has 1 amide bonds. The van der Waals surface area contributed by atoms with Crippen molar-refractivity contribution in [2.45, 2.75) is 25.4 Å². The van der Waals surface area contributed by atoms with Crippen LogP contribution in [0, 0.1) is 18.6 Å². The van der Waals surface area contributed by atoms with Crippen LogP contribution >= 0.6 is 0 Å². The van der Waals surface area contributed by atoms with E-state index in [4.69, 9.17) is 0 Å². The SMILES string of the molecule is COc1c(F)cc(C(=O)N2CCC(O)(c3ncnc4cc(C)cnc34)CC2)cc1F. The molecule has 7 nitrogen and oxygen atoms in total. The fraction of sp³-hybridized carbons (Fsp3) is 0.333. The van der Waals surface area contributed by atoms with Crippen LogP contribution in [0.1, 0.15) is 34.5 Å². The average molecular weight is 414 g/mol. The Balaban J connectivity index is 1.56. The van der Waals surface area contributed by atoms with Gasteiger partial charge in [0.1, 0.15) is 23.1 Å². The normalized spacial score (nSPS) is 16.0. The van der Waals surface area contributed by atoms with Gasteiger partial charge in [-0.15, -0.1) is 0 Å². The number of aromatic nitrogens is 3. The summed E-state index contributed by atoms with van der Waals surface area (Å²) in [4.78, 5) is 27.0. The van der Waals surface area contributed by atoms with Gasteiger partial charge >= 0.3 is 0 Å². The van der Waals surface area contributed by atoms with Gasteiger partial charge in [-0.2, -0.15) is 0 Å². The maximum atomic E-state index is 14.0. The summed E-state index contributed by atoms with van der Waals surface area (Å²) in [6, 6.07) is 3.77. The molecule has 1 N–H and O–H groups in total. The number of ether oxygens (including phenoxy) is 1. The van der Waals surface area contributed by atoms with Crippen LogP contribution < -0.4 is 4.74 Å². The number of carbonyl (C=O) groups excluding carboxylic acids is 1. The standard InChI is InChI=1S/C21H20F2N4O3/c1-12-7-16-17(24-10-12)19(26-11-25-16)21(29)3-5-27(6-4-21)20(28)13-8-14(22)18(30-2)15(23)9-13/h7-11,29H,3-6H2,1-2H3. The lowest BCUT2D eigenvalue weighted by Gasteiger charge is -2.38. The van der Waals surface area contributed by atoms with E-state index < -0.39 is 28.9 Å². The Bertz CT molecular complexity index is 1110. The maximum Gasteiger partial charge on any atom is 0.254 e. The summed E-state index contributed by atoms with van der Waals surface area (Å²) in [6.07, 6.45) is 3.49. The number of nitrogens with zero attached hydrogens (tertiary/aromatic N) is 4. The molecule has 1 aliphatic rings. The Labute approximate surface area is 171 Å². The zero-order chi connectivity index (χ0) is 21.5. The number of hydrogen-bond donors (Lipinski definition) is 1. The van der Waals surface area contributed by atoms with Gasteiger partial charge in [0.2, 0.25) is 0 Å². The summed E-state index contributed by atoms with van der Waals surface area (Å²) < 4.78 is 32.6. The molecule has 9 heteroatoms. The third-order valence-corrected chi connectivity index (χ3v) is 5.38. The van der Waals surface area contributed by atoms with Gasteiger partial charge < -0.3 is 14.7 Å². The molecule has 2 aromatic heterocycles. The molecule has 0 spiro atoms. The van der Waals surface area contributed by atoms with Crippen molar-refractivity contribution < 1.29 is 23.4 Å². The third-order valence-electron chi connectivity index (χ3n) is 5.38. The molecule has 1 saturated heterocycles. The molecule has 1 aliphatic heterocycles. The van der Waals surface area contributed by atoms with Crippen LogP contribution in [0.2, 0.25) is 0 Å². The van der Waals surface area contributed by atoms with Crippen LogP contribution in [0.4, 0.5) is 8.78 Å². The number of fused-ring (bicyclic) bond motifs is 1. The second-order valence-corrected chi connectivity index (χ2v) is 7.40. The minimum atomic E-state index is -1.28. The van der Waals surface area contributed by atoms with Gasteiger partial charge in [0.15, 0.2) is 17.4 Å². The van der Waals surface area contributed by atoms with Gasteiger partial charge in [0.05, 0.1) is 12.6 Å². The summed E-state index contributed by atoms with van der Waals surface area (Å²) in [7, 11) is 1.15. The molecule has 4 rings (SSSR count). The van der Waals surface area contributed by atoms with E-state index in [1.807, 2.05) is 13.0 Å². The number of aryl methyl sites for hydroxylation is 1. The molecule has 156 valence electrons. The number of carbonyl (C=O) groups is 1.